The Morgan fingerprint density at radius 3 is 3.05 bits per heavy atom. The van der Waals surface area contributed by atoms with Gasteiger partial charge < -0.3 is 10.2 Å². The number of carbonyl (C=O) groups excluding carboxylic acids is 1. The van der Waals surface area contributed by atoms with Gasteiger partial charge in [-0.1, -0.05) is 17.7 Å². The minimum absolute atomic E-state index is 0.0217. The van der Waals surface area contributed by atoms with Gasteiger partial charge in [0.1, 0.15) is 5.82 Å². The molecular weight excluding hydrogens is 287 g/mol. The zero-order valence-corrected chi connectivity index (χ0v) is 12.2. The number of benzene rings is 1. The van der Waals surface area contributed by atoms with E-state index < -0.39 is 0 Å². The standard InChI is InChI=1S/C13H16ClFN2OS/c1-17(13(18)12-8-19-6-5-16-12)7-9-10(14)3-2-4-11(9)15/h2-4,12,16H,5-8H2,1H3. The summed E-state index contributed by atoms with van der Waals surface area (Å²) in [4.78, 5) is 13.7. The van der Waals surface area contributed by atoms with Crippen LogP contribution in [0.15, 0.2) is 18.2 Å². The maximum Gasteiger partial charge on any atom is 0.240 e. The number of carbonyl (C=O) groups is 1. The highest BCUT2D eigenvalue weighted by atomic mass is 35.5. The van der Waals surface area contributed by atoms with Crippen molar-refractivity contribution in [3.05, 3.63) is 34.6 Å². The second kappa shape index (κ2) is 6.59. The van der Waals surface area contributed by atoms with Crippen LogP contribution >= 0.6 is 23.4 Å². The number of nitrogens with one attached hydrogen (secondary N) is 1. The highest BCUT2D eigenvalue weighted by molar-refractivity contribution is 7.99. The Hall–Kier alpha value is -0.780. The van der Waals surface area contributed by atoms with Crippen molar-refractivity contribution >= 4 is 29.3 Å². The third kappa shape index (κ3) is 3.61. The van der Waals surface area contributed by atoms with Crippen LogP contribution in [0.5, 0.6) is 0 Å². The molecule has 1 saturated heterocycles. The van der Waals surface area contributed by atoms with Crippen LogP contribution in [0.2, 0.25) is 5.02 Å². The molecule has 1 aliphatic heterocycles. The number of amides is 1. The molecule has 1 aliphatic rings. The molecule has 0 aromatic heterocycles. The van der Waals surface area contributed by atoms with E-state index in [1.165, 1.54) is 11.0 Å². The van der Waals surface area contributed by atoms with E-state index in [4.69, 9.17) is 11.6 Å². The fourth-order valence-corrected chi connectivity index (χ4v) is 3.14. The van der Waals surface area contributed by atoms with Crippen molar-refractivity contribution in [3.8, 4) is 0 Å². The van der Waals surface area contributed by atoms with Crippen molar-refractivity contribution < 1.29 is 9.18 Å². The van der Waals surface area contributed by atoms with Gasteiger partial charge in [0.25, 0.3) is 0 Å². The van der Waals surface area contributed by atoms with Gasteiger partial charge in [0.15, 0.2) is 0 Å². The van der Waals surface area contributed by atoms with Gasteiger partial charge in [0.05, 0.1) is 6.04 Å². The average Bonchev–Trinajstić information content (AvgIpc) is 2.43. The molecule has 1 atom stereocenters. The molecule has 1 N–H and O–H groups in total. The first-order valence-electron chi connectivity index (χ1n) is 6.08. The third-order valence-electron chi connectivity index (χ3n) is 3.05. The molecule has 1 aromatic rings. The van der Waals surface area contributed by atoms with E-state index in [9.17, 15) is 9.18 Å². The van der Waals surface area contributed by atoms with Crippen LogP contribution in [0.4, 0.5) is 4.39 Å². The Balaban J connectivity index is 2.03. The summed E-state index contributed by atoms with van der Waals surface area (Å²) in [6.45, 7) is 1.02. The summed E-state index contributed by atoms with van der Waals surface area (Å²) in [7, 11) is 1.67. The summed E-state index contributed by atoms with van der Waals surface area (Å²) in [6, 6.07) is 4.36. The van der Waals surface area contributed by atoms with Gasteiger partial charge in [-0.05, 0) is 12.1 Å². The Labute approximate surface area is 121 Å². The van der Waals surface area contributed by atoms with Crippen LogP contribution in [-0.4, -0.2) is 41.9 Å². The highest BCUT2D eigenvalue weighted by Crippen LogP contribution is 2.21. The quantitative estimate of drug-likeness (QED) is 0.928. The molecular formula is C13H16ClFN2OS. The van der Waals surface area contributed by atoms with E-state index in [2.05, 4.69) is 5.32 Å². The lowest BCUT2D eigenvalue weighted by Crippen LogP contribution is -2.49. The predicted molar refractivity (Wildman–Crippen MR) is 77.0 cm³/mol. The molecule has 0 bridgehead atoms. The Kier molecular flexibility index (Phi) is 5.07. The lowest BCUT2D eigenvalue weighted by Gasteiger charge is -2.27. The Morgan fingerprint density at radius 2 is 2.42 bits per heavy atom. The molecule has 1 aromatic carbocycles. The van der Waals surface area contributed by atoms with Crippen LogP contribution in [0.3, 0.4) is 0 Å². The normalized spacial score (nSPS) is 19.2. The molecule has 104 valence electrons. The number of likely N-dealkylation sites (N-methyl/N-ethyl adjacent to an activating group) is 1. The summed E-state index contributed by atoms with van der Waals surface area (Å²) in [5, 5.41) is 3.53. The zero-order valence-electron chi connectivity index (χ0n) is 10.7. The number of hydrogen-bond donors (Lipinski definition) is 1. The molecule has 1 heterocycles. The van der Waals surface area contributed by atoms with E-state index >= 15 is 0 Å². The number of nitrogens with zero attached hydrogens (tertiary/aromatic N) is 1. The maximum atomic E-state index is 13.7. The van der Waals surface area contributed by atoms with Crippen molar-refractivity contribution in [2.45, 2.75) is 12.6 Å². The molecule has 0 aliphatic carbocycles. The number of thioether (sulfide) groups is 1. The molecule has 3 nitrogen and oxygen atoms in total. The van der Waals surface area contributed by atoms with E-state index in [0.717, 1.165) is 18.1 Å². The van der Waals surface area contributed by atoms with Crippen molar-refractivity contribution in [3.63, 3.8) is 0 Å². The summed E-state index contributed by atoms with van der Waals surface area (Å²) in [5.41, 5.74) is 0.364. The van der Waals surface area contributed by atoms with Gasteiger partial charge in [0.2, 0.25) is 5.91 Å². The van der Waals surface area contributed by atoms with E-state index in [-0.39, 0.29) is 24.3 Å². The fourth-order valence-electron chi connectivity index (χ4n) is 1.99. The number of rotatable bonds is 3. The molecule has 0 spiro atoms. The molecule has 6 heteroatoms. The predicted octanol–water partition coefficient (Wildman–Crippen LogP) is 2.14. The van der Waals surface area contributed by atoms with Crippen molar-refractivity contribution in [2.75, 3.05) is 25.1 Å². The molecule has 0 radical (unpaired) electrons. The van der Waals surface area contributed by atoms with Gasteiger partial charge in [-0.15, -0.1) is 0 Å². The van der Waals surface area contributed by atoms with E-state index in [1.54, 1.807) is 30.9 Å². The monoisotopic (exact) mass is 302 g/mol. The lowest BCUT2D eigenvalue weighted by molar-refractivity contribution is -0.132. The Bertz CT molecular complexity index is 446. The zero-order chi connectivity index (χ0) is 13.8. The first-order valence-corrected chi connectivity index (χ1v) is 7.62. The summed E-state index contributed by atoms with van der Waals surface area (Å²) < 4.78 is 13.7. The first kappa shape index (κ1) is 14.6. The van der Waals surface area contributed by atoms with Gasteiger partial charge in [0, 0.05) is 42.2 Å². The van der Waals surface area contributed by atoms with Gasteiger partial charge in [-0.3, -0.25) is 4.79 Å². The molecule has 0 saturated carbocycles. The lowest BCUT2D eigenvalue weighted by atomic mass is 10.2. The summed E-state index contributed by atoms with van der Waals surface area (Å²) in [5.74, 6) is 1.38. The fraction of sp³-hybridized carbons (Fsp3) is 0.462. The van der Waals surface area contributed by atoms with E-state index in [1.807, 2.05) is 0 Å². The SMILES string of the molecule is CN(Cc1c(F)cccc1Cl)C(=O)C1CSCCN1. The third-order valence-corrected chi connectivity index (χ3v) is 4.47. The van der Waals surface area contributed by atoms with E-state index in [0.29, 0.717) is 10.6 Å². The number of halogens is 2. The highest BCUT2D eigenvalue weighted by Gasteiger charge is 2.24. The Morgan fingerprint density at radius 1 is 1.63 bits per heavy atom. The first-order chi connectivity index (χ1) is 9.09. The maximum absolute atomic E-state index is 13.7. The van der Waals surface area contributed by atoms with Crippen LogP contribution in [0.1, 0.15) is 5.56 Å². The van der Waals surface area contributed by atoms with Gasteiger partial charge in [-0.2, -0.15) is 11.8 Å². The molecule has 2 rings (SSSR count). The second-order valence-corrected chi connectivity index (χ2v) is 6.03. The minimum atomic E-state index is -0.377. The summed E-state index contributed by atoms with van der Waals surface area (Å²) in [6.07, 6.45) is 0. The van der Waals surface area contributed by atoms with Crippen molar-refractivity contribution in [2.24, 2.45) is 0 Å². The second-order valence-electron chi connectivity index (χ2n) is 4.48. The van der Waals surface area contributed by atoms with Crippen molar-refractivity contribution in [1.82, 2.24) is 10.2 Å². The topological polar surface area (TPSA) is 32.3 Å². The van der Waals surface area contributed by atoms with Crippen molar-refractivity contribution in [1.29, 1.82) is 0 Å². The van der Waals surface area contributed by atoms with Crippen LogP contribution in [0.25, 0.3) is 0 Å². The number of hydrogen-bond acceptors (Lipinski definition) is 3. The minimum Gasteiger partial charge on any atom is -0.340 e. The average molecular weight is 303 g/mol. The molecule has 1 fully saturated rings. The summed E-state index contributed by atoms with van der Waals surface area (Å²) >= 11 is 7.72. The smallest absolute Gasteiger partial charge is 0.240 e. The van der Waals surface area contributed by atoms with Crippen LogP contribution in [-0.2, 0) is 11.3 Å². The van der Waals surface area contributed by atoms with Crippen LogP contribution in [0, 0.1) is 5.82 Å². The van der Waals surface area contributed by atoms with Gasteiger partial charge in [-0.25, -0.2) is 4.39 Å². The molecule has 1 amide bonds. The largest absolute Gasteiger partial charge is 0.340 e. The molecule has 1 unspecified atom stereocenters. The van der Waals surface area contributed by atoms with Gasteiger partial charge >= 0.3 is 0 Å². The van der Waals surface area contributed by atoms with Crippen LogP contribution < -0.4 is 5.32 Å². The molecule has 19 heavy (non-hydrogen) atoms.